The van der Waals surface area contributed by atoms with Crippen LogP contribution in [-0.4, -0.2) is 19.8 Å². The van der Waals surface area contributed by atoms with Crippen LogP contribution >= 0.6 is 0 Å². The Balaban J connectivity index is 2.83. The number of likely N-dealkylation sites (N-methyl/N-ethyl adjacent to an activating group) is 1. The first-order valence-electron chi connectivity index (χ1n) is 4.48. The second-order valence-corrected chi connectivity index (χ2v) is 3.32. The fraction of sp³-hybridized carbons (Fsp3) is 0.778. The highest BCUT2D eigenvalue weighted by atomic mass is 19.4. The number of rotatable bonds is 2. The van der Waals surface area contributed by atoms with Gasteiger partial charge in [-0.05, 0) is 38.3 Å². The average Bonchev–Trinajstić information content (AvgIpc) is 2.04. The average molecular weight is 193 g/mol. The first-order valence-corrected chi connectivity index (χ1v) is 4.48. The van der Waals surface area contributed by atoms with E-state index in [1.165, 1.54) is 0 Å². The van der Waals surface area contributed by atoms with Gasteiger partial charge in [0.2, 0.25) is 0 Å². The molecule has 0 spiro atoms. The molecule has 0 atom stereocenters. The van der Waals surface area contributed by atoms with Crippen molar-refractivity contribution in [2.45, 2.75) is 31.9 Å². The van der Waals surface area contributed by atoms with Crippen molar-refractivity contribution in [3.8, 4) is 0 Å². The van der Waals surface area contributed by atoms with Gasteiger partial charge in [-0.2, -0.15) is 13.2 Å². The SMILES string of the molecule is CNCC1=C(C(F)(F)F)CCCC1. The van der Waals surface area contributed by atoms with E-state index in [1.807, 2.05) is 0 Å². The molecule has 0 saturated carbocycles. The predicted molar refractivity (Wildman–Crippen MR) is 45.5 cm³/mol. The van der Waals surface area contributed by atoms with Crippen LogP contribution in [0.3, 0.4) is 0 Å². The van der Waals surface area contributed by atoms with Crippen LogP contribution in [0.1, 0.15) is 25.7 Å². The molecule has 0 saturated heterocycles. The summed E-state index contributed by atoms with van der Waals surface area (Å²) < 4.78 is 37.3. The van der Waals surface area contributed by atoms with Crippen molar-refractivity contribution in [1.29, 1.82) is 0 Å². The van der Waals surface area contributed by atoms with Crippen molar-refractivity contribution in [1.82, 2.24) is 5.32 Å². The Morgan fingerprint density at radius 3 is 2.38 bits per heavy atom. The van der Waals surface area contributed by atoms with Crippen LogP contribution in [0.15, 0.2) is 11.1 Å². The molecule has 0 aromatic rings. The molecule has 0 fully saturated rings. The third-order valence-electron chi connectivity index (χ3n) is 2.31. The molecule has 0 heterocycles. The third-order valence-corrected chi connectivity index (χ3v) is 2.31. The van der Waals surface area contributed by atoms with Crippen molar-refractivity contribution in [3.05, 3.63) is 11.1 Å². The van der Waals surface area contributed by atoms with E-state index in [1.54, 1.807) is 7.05 Å². The second kappa shape index (κ2) is 4.13. The molecule has 0 aliphatic heterocycles. The lowest BCUT2D eigenvalue weighted by molar-refractivity contribution is -0.0960. The van der Waals surface area contributed by atoms with E-state index in [-0.39, 0.29) is 12.0 Å². The maximum absolute atomic E-state index is 12.4. The lowest BCUT2D eigenvalue weighted by Crippen LogP contribution is -2.22. The molecule has 0 radical (unpaired) electrons. The monoisotopic (exact) mass is 193 g/mol. The van der Waals surface area contributed by atoms with Crippen molar-refractivity contribution < 1.29 is 13.2 Å². The summed E-state index contributed by atoms with van der Waals surface area (Å²) >= 11 is 0. The molecule has 0 bridgehead atoms. The molecule has 1 nitrogen and oxygen atoms in total. The minimum atomic E-state index is -4.12. The normalized spacial score (nSPS) is 19.4. The quantitative estimate of drug-likeness (QED) is 0.665. The Morgan fingerprint density at radius 1 is 1.23 bits per heavy atom. The largest absolute Gasteiger partial charge is 0.412 e. The van der Waals surface area contributed by atoms with Crippen molar-refractivity contribution in [2.24, 2.45) is 0 Å². The molecule has 0 aromatic carbocycles. The van der Waals surface area contributed by atoms with Gasteiger partial charge in [0, 0.05) is 12.1 Å². The van der Waals surface area contributed by atoms with Gasteiger partial charge in [0.05, 0.1) is 0 Å². The number of allylic oxidation sites excluding steroid dienone is 1. The zero-order valence-corrected chi connectivity index (χ0v) is 7.67. The summed E-state index contributed by atoms with van der Waals surface area (Å²) in [4.78, 5) is 0. The van der Waals surface area contributed by atoms with Crippen LogP contribution in [0.2, 0.25) is 0 Å². The highest BCUT2D eigenvalue weighted by molar-refractivity contribution is 5.22. The minimum Gasteiger partial charge on any atom is -0.316 e. The van der Waals surface area contributed by atoms with Gasteiger partial charge >= 0.3 is 6.18 Å². The first-order chi connectivity index (χ1) is 6.05. The molecular formula is C9H14F3N. The van der Waals surface area contributed by atoms with Crippen LogP contribution in [0.5, 0.6) is 0 Å². The van der Waals surface area contributed by atoms with Crippen LogP contribution in [-0.2, 0) is 0 Å². The molecular weight excluding hydrogens is 179 g/mol. The summed E-state index contributed by atoms with van der Waals surface area (Å²) in [6.07, 6.45) is -1.78. The Hall–Kier alpha value is -0.510. The lowest BCUT2D eigenvalue weighted by Gasteiger charge is -2.22. The first kappa shape index (κ1) is 10.6. The summed E-state index contributed by atoms with van der Waals surface area (Å²) in [6.45, 7) is 0.370. The number of alkyl halides is 3. The Kier molecular flexibility index (Phi) is 3.36. The summed E-state index contributed by atoms with van der Waals surface area (Å²) in [5.74, 6) is 0. The maximum Gasteiger partial charge on any atom is 0.412 e. The van der Waals surface area contributed by atoms with E-state index < -0.39 is 6.18 Å². The molecule has 1 aliphatic rings. The Bertz CT molecular complexity index is 205. The number of halogens is 3. The van der Waals surface area contributed by atoms with Gasteiger partial charge in [0.1, 0.15) is 0 Å². The Labute approximate surface area is 76.0 Å². The van der Waals surface area contributed by atoms with Gasteiger partial charge in [0.25, 0.3) is 0 Å². The zero-order chi connectivity index (χ0) is 9.90. The van der Waals surface area contributed by atoms with Gasteiger partial charge in [0.15, 0.2) is 0 Å². The molecule has 0 aromatic heterocycles. The number of nitrogens with one attached hydrogen (secondary N) is 1. The molecule has 0 unspecified atom stereocenters. The highest BCUT2D eigenvalue weighted by Crippen LogP contribution is 2.36. The molecule has 1 aliphatic carbocycles. The fourth-order valence-electron chi connectivity index (χ4n) is 1.72. The van der Waals surface area contributed by atoms with E-state index in [0.29, 0.717) is 25.0 Å². The van der Waals surface area contributed by atoms with Crippen LogP contribution in [0.4, 0.5) is 13.2 Å². The molecule has 13 heavy (non-hydrogen) atoms. The molecule has 76 valence electrons. The van der Waals surface area contributed by atoms with Crippen molar-refractivity contribution in [2.75, 3.05) is 13.6 Å². The summed E-state index contributed by atoms with van der Waals surface area (Å²) in [5.41, 5.74) is 0.245. The van der Waals surface area contributed by atoms with Crippen molar-refractivity contribution >= 4 is 0 Å². The van der Waals surface area contributed by atoms with Crippen molar-refractivity contribution in [3.63, 3.8) is 0 Å². The van der Waals surface area contributed by atoms with E-state index in [4.69, 9.17) is 0 Å². The predicted octanol–water partition coefficient (Wildman–Crippen LogP) is 2.64. The topological polar surface area (TPSA) is 12.0 Å². The van der Waals surface area contributed by atoms with Gasteiger partial charge < -0.3 is 5.32 Å². The zero-order valence-electron chi connectivity index (χ0n) is 7.67. The van der Waals surface area contributed by atoms with Gasteiger partial charge in [-0.15, -0.1) is 0 Å². The summed E-state index contributed by atoms with van der Waals surface area (Å²) in [7, 11) is 1.68. The van der Waals surface area contributed by atoms with Crippen LogP contribution in [0.25, 0.3) is 0 Å². The standard InChI is InChI=1S/C9H14F3N/c1-13-6-7-4-2-3-5-8(7)9(10,11)12/h13H,2-6H2,1H3. The van der Waals surface area contributed by atoms with E-state index in [0.717, 1.165) is 6.42 Å². The minimum absolute atomic E-state index is 0.195. The Morgan fingerprint density at radius 2 is 1.85 bits per heavy atom. The third kappa shape index (κ3) is 2.72. The van der Waals surface area contributed by atoms with Gasteiger partial charge in [-0.25, -0.2) is 0 Å². The van der Waals surface area contributed by atoms with E-state index in [9.17, 15) is 13.2 Å². The number of hydrogen-bond donors (Lipinski definition) is 1. The summed E-state index contributed by atoms with van der Waals surface area (Å²) in [6, 6.07) is 0. The molecule has 4 heteroatoms. The van der Waals surface area contributed by atoms with Crippen LogP contribution in [0, 0.1) is 0 Å². The molecule has 1 N–H and O–H groups in total. The van der Waals surface area contributed by atoms with E-state index in [2.05, 4.69) is 5.32 Å². The van der Waals surface area contributed by atoms with E-state index >= 15 is 0 Å². The fourth-order valence-corrected chi connectivity index (χ4v) is 1.72. The van der Waals surface area contributed by atoms with Crippen LogP contribution < -0.4 is 5.32 Å². The maximum atomic E-state index is 12.4. The summed E-state index contributed by atoms with van der Waals surface area (Å²) in [5, 5.41) is 2.78. The van der Waals surface area contributed by atoms with Gasteiger partial charge in [-0.3, -0.25) is 0 Å². The highest BCUT2D eigenvalue weighted by Gasteiger charge is 2.36. The smallest absolute Gasteiger partial charge is 0.316 e. The lowest BCUT2D eigenvalue weighted by atomic mass is 9.91. The number of hydrogen-bond acceptors (Lipinski definition) is 1. The second-order valence-electron chi connectivity index (χ2n) is 3.32. The molecule has 0 amide bonds. The molecule has 1 rings (SSSR count). The van der Waals surface area contributed by atoms with Gasteiger partial charge in [-0.1, -0.05) is 0 Å².